The van der Waals surface area contributed by atoms with Crippen LogP contribution in [-0.2, 0) is 6.42 Å². The van der Waals surface area contributed by atoms with E-state index >= 15 is 0 Å². The highest BCUT2D eigenvalue weighted by Crippen LogP contribution is 2.12. The molecule has 0 aliphatic heterocycles. The van der Waals surface area contributed by atoms with Crippen molar-refractivity contribution < 1.29 is 10.2 Å². The number of aromatic hydroxyl groups is 1. The van der Waals surface area contributed by atoms with Crippen LogP contribution in [-0.4, -0.2) is 39.8 Å². The third-order valence-electron chi connectivity index (χ3n) is 2.88. The zero-order valence-electron chi connectivity index (χ0n) is 11.5. The summed E-state index contributed by atoms with van der Waals surface area (Å²) in [6.07, 6.45) is -0.0462. The lowest BCUT2D eigenvalue weighted by Crippen LogP contribution is -2.43. The number of nitrogens with two attached hydrogens (primary N) is 1. The molecule has 0 aromatic heterocycles. The zero-order valence-corrected chi connectivity index (χ0v) is 12.4. The van der Waals surface area contributed by atoms with Crippen molar-refractivity contribution in [3.8, 4) is 5.75 Å². The molecule has 0 radical (unpaired) electrons. The van der Waals surface area contributed by atoms with E-state index in [-0.39, 0.29) is 11.8 Å². The average Bonchev–Trinajstić information content (AvgIpc) is 2.30. The van der Waals surface area contributed by atoms with Crippen LogP contribution in [0.1, 0.15) is 19.4 Å². The van der Waals surface area contributed by atoms with Crippen molar-refractivity contribution in [2.24, 2.45) is 11.7 Å². The van der Waals surface area contributed by atoms with Crippen molar-refractivity contribution in [2.75, 3.05) is 13.1 Å². The van der Waals surface area contributed by atoms with E-state index < -0.39 is 6.10 Å². The Morgan fingerprint density at radius 1 is 1.21 bits per heavy atom. The van der Waals surface area contributed by atoms with Crippen LogP contribution in [0.2, 0.25) is 0 Å². The number of benzene rings is 1. The third kappa shape index (κ3) is 6.29. The molecular formula is C14H24N2O2S. The quantitative estimate of drug-likeness (QED) is 0.572. The summed E-state index contributed by atoms with van der Waals surface area (Å²) in [7, 11) is 0. The second kappa shape index (κ2) is 7.75. The number of aliphatic hydroxyl groups excluding tert-OH is 1. The molecule has 1 aromatic carbocycles. The summed E-state index contributed by atoms with van der Waals surface area (Å²) < 4.78 is 1.80. The van der Waals surface area contributed by atoms with Crippen LogP contribution >= 0.6 is 12.8 Å². The molecule has 0 spiro atoms. The van der Waals surface area contributed by atoms with Crippen molar-refractivity contribution in [3.63, 3.8) is 0 Å². The minimum Gasteiger partial charge on any atom is -0.508 e. The number of aliphatic hydroxyl groups is 1. The highest BCUT2D eigenvalue weighted by molar-refractivity contribution is 7.77. The molecule has 1 aromatic rings. The first-order valence-corrected chi connectivity index (χ1v) is 6.94. The molecule has 4 N–H and O–H groups in total. The maximum Gasteiger partial charge on any atom is 0.115 e. The van der Waals surface area contributed by atoms with Gasteiger partial charge in [0, 0.05) is 19.1 Å². The maximum atomic E-state index is 10.1. The van der Waals surface area contributed by atoms with Gasteiger partial charge >= 0.3 is 0 Å². The van der Waals surface area contributed by atoms with Crippen molar-refractivity contribution in [2.45, 2.75) is 32.4 Å². The Hall–Kier alpha value is -0.750. The van der Waals surface area contributed by atoms with Gasteiger partial charge in [-0.2, -0.15) is 0 Å². The van der Waals surface area contributed by atoms with Crippen molar-refractivity contribution >= 4 is 12.8 Å². The second-order valence-corrected chi connectivity index (χ2v) is 5.93. The third-order valence-corrected chi connectivity index (χ3v) is 3.20. The lowest BCUT2D eigenvalue weighted by Gasteiger charge is -2.25. The van der Waals surface area contributed by atoms with Crippen LogP contribution in [0.5, 0.6) is 5.75 Å². The van der Waals surface area contributed by atoms with E-state index in [0.717, 1.165) is 12.1 Å². The number of nitrogens with zero attached hydrogens (tertiary/aromatic N) is 1. The van der Waals surface area contributed by atoms with Crippen LogP contribution in [0.25, 0.3) is 0 Å². The predicted octanol–water partition coefficient (Wildman–Crippen LogP) is 1.43. The summed E-state index contributed by atoms with van der Waals surface area (Å²) in [6.45, 7) is 5.46. The first kappa shape index (κ1) is 16.3. The summed E-state index contributed by atoms with van der Waals surface area (Å²) in [5.41, 5.74) is 6.99. The molecule has 2 atom stereocenters. The molecular weight excluding hydrogens is 260 g/mol. The number of hydrogen-bond donors (Lipinski definition) is 4. The number of rotatable bonds is 7. The highest BCUT2D eigenvalue weighted by Gasteiger charge is 2.18. The van der Waals surface area contributed by atoms with Gasteiger partial charge in [-0.15, -0.1) is 0 Å². The number of thiol groups is 1. The normalized spacial score (nSPS) is 14.9. The minimum absolute atomic E-state index is 0.233. The Labute approximate surface area is 120 Å². The molecule has 5 heteroatoms. The van der Waals surface area contributed by atoms with E-state index in [2.05, 4.69) is 26.7 Å². The van der Waals surface area contributed by atoms with Gasteiger partial charge in [-0.25, -0.2) is 0 Å². The van der Waals surface area contributed by atoms with Gasteiger partial charge in [-0.3, -0.25) is 4.31 Å². The van der Waals surface area contributed by atoms with Crippen LogP contribution in [0.15, 0.2) is 24.3 Å². The Bertz CT molecular complexity index is 370. The summed E-state index contributed by atoms with van der Waals surface area (Å²) in [6, 6.07) is 6.53. The summed E-state index contributed by atoms with van der Waals surface area (Å²) in [4.78, 5) is 0. The number of phenolic OH excluding ortho intramolecular Hbond substituents is 1. The molecule has 0 saturated carbocycles. The van der Waals surface area contributed by atoms with Gasteiger partial charge in [0.15, 0.2) is 0 Å². The molecule has 0 amide bonds. The molecule has 0 aliphatic carbocycles. The van der Waals surface area contributed by atoms with Crippen molar-refractivity contribution in [1.82, 2.24) is 4.31 Å². The van der Waals surface area contributed by atoms with E-state index in [0.29, 0.717) is 18.9 Å². The Kier molecular flexibility index (Phi) is 6.65. The molecule has 0 heterocycles. The van der Waals surface area contributed by atoms with Gasteiger partial charge in [0.05, 0.1) is 6.10 Å². The molecule has 0 bridgehead atoms. The lowest BCUT2D eigenvalue weighted by atomic mass is 10.0. The molecule has 19 heavy (non-hydrogen) atoms. The Balaban J connectivity index is 2.43. The van der Waals surface area contributed by atoms with Gasteiger partial charge in [0.25, 0.3) is 0 Å². The monoisotopic (exact) mass is 284 g/mol. The SMILES string of the molecule is CC(C)CN(S)C[C@@H](O)[C@@H](N)Cc1ccc(O)cc1. The highest BCUT2D eigenvalue weighted by atomic mass is 32.1. The number of phenols is 1. The van der Waals surface area contributed by atoms with E-state index in [4.69, 9.17) is 5.73 Å². The smallest absolute Gasteiger partial charge is 0.115 e. The second-order valence-electron chi connectivity index (χ2n) is 5.37. The van der Waals surface area contributed by atoms with E-state index in [1.165, 1.54) is 0 Å². The standard InChI is InChI=1S/C14H24N2O2S/c1-10(2)8-16(19)9-14(18)13(15)7-11-3-5-12(17)6-4-11/h3-6,10,13-14,17-19H,7-9,15H2,1-2H3/t13-,14+/m0/s1. The Morgan fingerprint density at radius 2 is 1.79 bits per heavy atom. The summed E-state index contributed by atoms with van der Waals surface area (Å²) in [5, 5.41) is 19.3. The predicted molar refractivity (Wildman–Crippen MR) is 81.2 cm³/mol. The molecule has 0 aliphatic rings. The summed E-state index contributed by atoms with van der Waals surface area (Å²) >= 11 is 4.33. The maximum absolute atomic E-state index is 10.1. The van der Waals surface area contributed by atoms with Crippen molar-refractivity contribution in [1.29, 1.82) is 0 Å². The first-order chi connectivity index (χ1) is 8.88. The van der Waals surface area contributed by atoms with Crippen LogP contribution in [0.4, 0.5) is 0 Å². The molecule has 4 nitrogen and oxygen atoms in total. The molecule has 0 saturated heterocycles. The molecule has 108 valence electrons. The van der Waals surface area contributed by atoms with E-state index in [1.54, 1.807) is 16.4 Å². The van der Waals surface area contributed by atoms with Gasteiger partial charge in [0.1, 0.15) is 5.75 Å². The van der Waals surface area contributed by atoms with E-state index in [1.807, 2.05) is 12.1 Å². The zero-order chi connectivity index (χ0) is 14.4. The van der Waals surface area contributed by atoms with Gasteiger partial charge in [-0.1, -0.05) is 38.8 Å². The van der Waals surface area contributed by atoms with Gasteiger partial charge < -0.3 is 15.9 Å². The van der Waals surface area contributed by atoms with Gasteiger partial charge in [-0.05, 0) is 30.0 Å². The fourth-order valence-corrected chi connectivity index (χ4v) is 2.38. The fourth-order valence-electron chi connectivity index (χ4n) is 1.89. The van der Waals surface area contributed by atoms with Crippen LogP contribution in [0.3, 0.4) is 0 Å². The Morgan fingerprint density at radius 3 is 2.32 bits per heavy atom. The molecule has 1 rings (SSSR count). The topological polar surface area (TPSA) is 69.7 Å². The molecule has 0 unspecified atom stereocenters. The summed E-state index contributed by atoms with van der Waals surface area (Å²) in [5.74, 6) is 0.731. The first-order valence-electron chi connectivity index (χ1n) is 6.54. The lowest BCUT2D eigenvalue weighted by molar-refractivity contribution is 0.120. The largest absolute Gasteiger partial charge is 0.508 e. The van der Waals surface area contributed by atoms with Crippen molar-refractivity contribution in [3.05, 3.63) is 29.8 Å². The fraction of sp³-hybridized carbons (Fsp3) is 0.571. The van der Waals surface area contributed by atoms with Crippen LogP contribution in [0, 0.1) is 5.92 Å². The molecule has 0 fully saturated rings. The van der Waals surface area contributed by atoms with E-state index in [9.17, 15) is 10.2 Å². The van der Waals surface area contributed by atoms with Crippen LogP contribution < -0.4 is 5.73 Å². The minimum atomic E-state index is -0.620. The van der Waals surface area contributed by atoms with Gasteiger partial charge in [0.2, 0.25) is 0 Å². The average molecular weight is 284 g/mol. The number of hydrogen-bond acceptors (Lipinski definition) is 5.